The molecule has 0 bridgehead atoms. The highest BCUT2D eigenvalue weighted by molar-refractivity contribution is 5.68. The van der Waals surface area contributed by atoms with E-state index in [1.165, 1.54) is 25.7 Å². The average Bonchev–Trinajstić information content (AvgIpc) is 2.67. The van der Waals surface area contributed by atoms with Crippen LogP contribution in [0.3, 0.4) is 0 Å². The van der Waals surface area contributed by atoms with Gasteiger partial charge in [0.05, 0.1) is 6.42 Å². The molecule has 3 nitrogen and oxygen atoms in total. The van der Waals surface area contributed by atoms with Crippen LogP contribution in [0, 0.1) is 29.1 Å². The van der Waals surface area contributed by atoms with Crippen molar-refractivity contribution in [2.75, 3.05) is 6.54 Å². The number of carboxylic acid groups (broad SMARTS) is 1. The summed E-state index contributed by atoms with van der Waals surface area (Å²) >= 11 is 0. The third-order valence-electron chi connectivity index (χ3n) is 5.51. The first-order valence-electron chi connectivity index (χ1n) is 6.11. The Morgan fingerprint density at radius 2 is 1.87 bits per heavy atom. The maximum Gasteiger partial charge on any atom is 0.303 e. The first-order chi connectivity index (χ1) is 7.19. The van der Waals surface area contributed by atoms with Crippen molar-refractivity contribution >= 4 is 5.97 Å². The van der Waals surface area contributed by atoms with Crippen molar-refractivity contribution in [3.05, 3.63) is 0 Å². The molecule has 3 fully saturated rings. The van der Waals surface area contributed by atoms with Gasteiger partial charge in [-0.15, -0.1) is 0 Å². The van der Waals surface area contributed by atoms with Crippen LogP contribution in [0.1, 0.15) is 32.1 Å². The first-order valence-corrected chi connectivity index (χ1v) is 6.11. The fourth-order valence-corrected chi connectivity index (χ4v) is 5.06. The highest BCUT2D eigenvalue weighted by Crippen LogP contribution is 2.71. The lowest BCUT2D eigenvalue weighted by Crippen LogP contribution is -2.58. The first kappa shape index (κ1) is 9.64. The predicted octanol–water partition coefficient (Wildman–Crippen LogP) is 1.47. The fourth-order valence-electron chi connectivity index (χ4n) is 5.06. The second-order valence-corrected chi connectivity index (χ2v) is 5.71. The van der Waals surface area contributed by atoms with Gasteiger partial charge in [-0.25, -0.2) is 0 Å². The summed E-state index contributed by atoms with van der Waals surface area (Å²) in [4.78, 5) is 11.0. The summed E-state index contributed by atoms with van der Waals surface area (Å²) in [5, 5.41) is 9.04. The maximum atomic E-state index is 11.0. The zero-order chi connectivity index (χ0) is 10.6. The molecule has 3 rings (SSSR count). The van der Waals surface area contributed by atoms with Gasteiger partial charge in [0.2, 0.25) is 0 Å². The van der Waals surface area contributed by atoms with Gasteiger partial charge in [-0.05, 0) is 61.3 Å². The van der Waals surface area contributed by atoms with E-state index in [9.17, 15) is 4.79 Å². The van der Waals surface area contributed by atoms with Crippen LogP contribution in [-0.4, -0.2) is 17.6 Å². The van der Waals surface area contributed by atoms with Gasteiger partial charge < -0.3 is 10.8 Å². The van der Waals surface area contributed by atoms with Crippen LogP contribution in [-0.2, 0) is 4.79 Å². The summed E-state index contributed by atoms with van der Waals surface area (Å²) in [5.74, 6) is 2.36. The Hall–Kier alpha value is -0.570. The molecular weight excluding hydrogens is 190 g/mol. The molecule has 5 atom stereocenters. The van der Waals surface area contributed by atoms with Crippen molar-refractivity contribution < 1.29 is 9.90 Å². The molecule has 0 aromatic heterocycles. The van der Waals surface area contributed by atoms with Gasteiger partial charge in [0.1, 0.15) is 0 Å². The van der Waals surface area contributed by atoms with Crippen molar-refractivity contribution in [3.63, 3.8) is 0 Å². The quantitative estimate of drug-likeness (QED) is 0.740. The number of nitrogens with two attached hydrogens (primary N) is 1. The van der Waals surface area contributed by atoms with Crippen molar-refractivity contribution in [1.82, 2.24) is 0 Å². The van der Waals surface area contributed by atoms with Gasteiger partial charge >= 0.3 is 5.97 Å². The third kappa shape index (κ3) is 1.02. The minimum Gasteiger partial charge on any atom is -0.481 e. The van der Waals surface area contributed by atoms with Crippen LogP contribution in [0.5, 0.6) is 0 Å². The fraction of sp³-hybridized carbons (Fsp3) is 0.917. The second-order valence-electron chi connectivity index (χ2n) is 5.71. The molecule has 3 saturated carbocycles. The zero-order valence-electron chi connectivity index (χ0n) is 8.98. The number of rotatable bonds is 3. The lowest BCUT2D eigenvalue weighted by molar-refractivity contribution is -0.153. The van der Waals surface area contributed by atoms with Crippen molar-refractivity contribution in [3.8, 4) is 0 Å². The Morgan fingerprint density at radius 3 is 2.33 bits per heavy atom. The van der Waals surface area contributed by atoms with Crippen molar-refractivity contribution in [1.29, 1.82) is 0 Å². The van der Waals surface area contributed by atoms with Crippen molar-refractivity contribution in [2.45, 2.75) is 32.1 Å². The Morgan fingerprint density at radius 1 is 1.27 bits per heavy atom. The van der Waals surface area contributed by atoms with E-state index in [-0.39, 0.29) is 5.41 Å². The Kier molecular flexibility index (Phi) is 1.91. The molecule has 3 aliphatic carbocycles. The standard InChI is InChI=1S/C12H19NO2/c13-6-12(5-10(14)15)8-3-1-7-2-4-9(12)11(7)8/h7-9,11H,1-6,13H2,(H,14,15)/t7?,8-,9+,11?,12?. The van der Waals surface area contributed by atoms with E-state index in [0.717, 1.165) is 11.8 Å². The lowest BCUT2D eigenvalue weighted by atomic mass is 9.47. The van der Waals surface area contributed by atoms with E-state index in [4.69, 9.17) is 10.8 Å². The molecule has 84 valence electrons. The highest BCUT2D eigenvalue weighted by atomic mass is 16.4. The smallest absolute Gasteiger partial charge is 0.303 e. The van der Waals surface area contributed by atoms with Gasteiger partial charge in [-0.2, -0.15) is 0 Å². The number of aliphatic carboxylic acids is 1. The molecule has 0 saturated heterocycles. The number of hydrogen-bond acceptors (Lipinski definition) is 2. The Balaban J connectivity index is 1.88. The molecule has 0 radical (unpaired) electrons. The molecule has 0 heterocycles. The molecule has 0 aliphatic heterocycles. The molecule has 3 unspecified atom stereocenters. The normalized spacial score (nSPS) is 51.3. The second kappa shape index (κ2) is 2.97. The van der Waals surface area contributed by atoms with E-state index in [1.807, 2.05) is 0 Å². The van der Waals surface area contributed by atoms with Gasteiger partial charge in [-0.3, -0.25) is 4.79 Å². The molecule has 3 heteroatoms. The summed E-state index contributed by atoms with van der Waals surface area (Å²) in [6.45, 7) is 0.581. The third-order valence-corrected chi connectivity index (χ3v) is 5.51. The Bertz CT molecular complexity index is 286. The Labute approximate surface area is 90.0 Å². The molecule has 15 heavy (non-hydrogen) atoms. The molecule has 0 amide bonds. The van der Waals surface area contributed by atoms with E-state index in [0.29, 0.717) is 24.8 Å². The van der Waals surface area contributed by atoms with Gasteiger partial charge in [0.25, 0.3) is 0 Å². The van der Waals surface area contributed by atoms with E-state index < -0.39 is 5.97 Å². The summed E-state index contributed by atoms with van der Waals surface area (Å²) < 4.78 is 0. The number of carbonyl (C=O) groups is 1. The molecular formula is C12H19NO2. The van der Waals surface area contributed by atoms with E-state index in [2.05, 4.69) is 0 Å². The molecule has 0 aromatic carbocycles. The predicted molar refractivity (Wildman–Crippen MR) is 56.2 cm³/mol. The molecule has 0 aromatic rings. The number of carboxylic acids is 1. The lowest BCUT2D eigenvalue weighted by Gasteiger charge is -2.57. The van der Waals surface area contributed by atoms with Gasteiger partial charge in [0, 0.05) is 0 Å². The van der Waals surface area contributed by atoms with Crippen LogP contribution >= 0.6 is 0 Å². The van der Waals surface area contributed by atoms with Crippen LogP contribution in [0.2, 0.25) is 0 Å². The largest absolute Gasteiger partial charge is 0.481 e. The summed E-state index contributed by atoms with van der Waals surface area (Å²) in [6.07, 6.45) is 5.43. The highest BCUT2D eigenvalue weighted by Gasteiger charge is 2.67. The summed E-state index contributed by atoms with van der Waals surface area (Å²) in [7, 11) is 0. The topological polar surface area (TPSA) is 63.3 Å². The molecule has 0 spiro atoms. The molecule has 3 N–H and O–H groups in total. The van der Waals surface area contributed by atoms with Crippen LogP contribution in [0.4, 0.5) is 0 Å². The van der Waals surface area contributed by atoms with Gasteiger partial charge in [0.15, 0.2) is 0 Å². The average molecular weight is 209 g/mol. The van der Waals surface area contributed by atoms with Crippen LogP contribution in [0.15, 0.2) is 0 Å². The van der Waals surface area contributed by atoms with Crippen LogP contribution < -0.4 is 5.73 Å². The zero-order valence-corrected chi connectivity index (χ0v) is 8.98. The van der Waals surface area contributed by atoms with E-state index in [1.54, 1.807) is 0 Å². The van der Waals surface area contributed by atoms with Crippen molar-refractivity contribution in [2.24, 2.45) is 34.8 Å². The monoisotopic (exact) mass is 209 g/mol. The maximum absolute atomic E-state index is 11.0. The van der Waals surface area contributed by atoms with E-state index >= 15 is 0 Å². The minimum atomic E-state index is -0.658. The van der Waals surface area contributed by atoms with Crippen LogP contribution in [0.25, 0.3) is 0 Å². The summed E-state index contributed by atoms with van der Waals surface area (Å²) in [5.41, 5.74) is 5.87. The SMILES string of the molecule is NCC1(CC(=O)O)[C@@H]2CCC3CC[C@H]1C32. The minimum absolute atomic E-state index is 0.0260. The van der Waals surface area contributed by atoms with Gasteiger partial charge in [-0.1, -0.05) is 0 Å². The molecule has 3 aliphatic rings. The summed E-state index contributed by atoms with van der Waals surface area (Å²) in [6, 6.07) is 0. The number of hydrogen-bond donors (Lipinski definition) is 2.